The number of carbonyl (C=O) groups is 1. The number of carbonyl (C=O) groups excluding carboxylic acids is 1. The van der Waals surface area contributed by atoms with Gasteiger partial charge >= 0.3 is 0 Å². The van der Waals surface area contributed by atoms with Gasteiger partial charge in [0, 0.05) is 26.6 Å². The summed E-state index contributed by atoms with van der Waals surface area (Å²) >= 11 is 0. The maximum atomic E-state index is 11.2. The molecule has 0 saturated carbocycles. The second-order valence-electron chi connectivity index (χ2n) is 3.42. The molecule has 0 aliphatic carbocycles. The molecule has 0 unspecified atom stereocenters. The van der Waals surface area contributed by atoms with Gasteiger partial charge in [0.05, 0.1) is 33.0 Å². The normalized spacial score (nSPS) is 10.5. The zero-order valence-electron chi connectivity index (χ0n) is 10.8. The van der Waals surface area contributed by atoms with Crippen LogP contribution in [0.1, 0.15) is 6.42 Å². The van der Waals surface area contributed by atoms with Crippen molar-refractivity contribution in [2.75, 3.05) is 60.3 Å². The molecule has 0 atom stereocenters. The van der Waals surface area contributed by atoms with Crippen LogP contribution in [0, 0.1) is 0 Å². The van der Waals surface area contributed by atoms with Crippen molar-refractivity contribution in [2.24, 2.45) is 0 Å². The van der Waals surface area contributed by atoms with Gasteiger partial charge in [0.25, 0.3) is 0 Å². The number of likely N-dealkylation sites (N-methyl/N-ethyl adjacent to an activating group) is 1. The predicted octanol–water partition coefficient (Wildman–Crippen LogP) is -0.608. The second-order valence-corrected chi connectivity index (χ2v) is 3.42. The number of nitrogens with one attached hydrogen (secondary N) is 2. The lowest BCUT2D eigenvalue weighted by Crippen LogP contribution is -2.27. The first-order chi connectivity index (χ1) is 8.31. The number of rotatable bonds is 12. The minimum atomic E-state index is -0.0156. The highest BCUT2D eigenvalue weighted by Crippen LogP contribution is 1.84. The number of methoxy groups -OCH3 is 1. The van der Waals surface area contributed by atoms with Crippen molar-refractivity contribution in [3.63, 3.8) is 0 Å². The van der Waals surface area contributed by atoms with Gasteiger partial charge in [-0.1, -0.05) is 0 Å². The summed E-state index contributed by atoms with van der Waals surface area (Å²) in [5, 5.41) is 5.70. The molecule has 0 rings (SSSR count). The van der Waals surface area contributed by atoms with E-state index in [1.807, 2.05) is 7.05 Å². The van der Waals surface area contributed by atoms with Crippen molar-refractivity contribution in [1.82, 2.24) is 10.6 Å². The van der Waals surface area contributed by atoms with Crippen LogP contribution in [0.2, 0.25) is 0 Å². The summed E-state index contributed by atoms with van der Waals surface area (Å²) in [6, 6.07) is 0. The zero-order chi connectivity index (χ0) is 12.8. The van der Waals surface area contributed by atoms with E-state index in [0.29, 0.717) is 46.0 Å². The van der Waals surface area contributed by atoms with Crippen LogP contribution in [0.25, 0.3) is 0 Å². The molecule has 0 radical (unpaired) electrons. The summed E-state index contributed by atoms with van der Waals surface area (Å²) < 4.78 is 15.3. The third kappa shape index (κ3) is 13.2. The molecule has 2 N–H and O–H groups in total. The van der Waals surface area contributed by atoms with Crippen LogP contribution in [-0.4, -0.2) is 66.2 Å². The lowest BCUT2D eigenvalue weighted by molar-refractivity contribution is -0.122. The lowest BCUT2D eigenvalue weighted by Gasteiger charge is -2.06. The molecule has 1 amide bonds. The average Bonchev–Trinajstić information content (AvgIpc) is 2.33. The van der Waals surface area contributed by atoms with Crippen LogP contribution in [0.4, 0.5) is 0 Å². The van der Waals surface area contributed by atoms with E-state index in [1.165, 1.54) is 0 Å². The molecule has 0 bridgehead atoms. The summed E-state index contributed by atoms with van der Waals surface area (Å²) in [6.45, 7) is 4.10. The largest absolute Gasteiger partial charge is 0.383 e. The maximum Gasteiger partial charge on any atom is 0.222 e. The highest BCUT2D eigenvalue weighted by molar-refractivity contribution is 5.75. The molecule has 0 aliphatic heterocycles. The fourth-order valence-electron chi connectivity index (χ4n) is 1.04. The Morgan fingerprint density at radius 3 is 2.35 bits per heavy atom. The Bertz CT molecular complexity index is 179. The number of amides is 1. The van der Waals surface area contributed by atoms with Gasteiger partial charge in [-0.3, -0.25) is 4.79 Å². The summed E-state index contributed by atoms with van der Waals surface area (Å²) in [5.74, 6) is -0.0156. The quantitative estimate of drug-likeness (QED) is 0.451. The van der Waals surface area contributed by atoms with Crippen LogP contribution in [0.15, 0.2) is 0 Å². The van der Waals surface area contributed by atoms with Crippen LogP contribution in [0.3, 0.4) is 0 Å². The van der Waals surface area contributed by atoms with Gasteiger partial charge in [0.15, 0.2) is 0 Å². The molecule has 0 aliphatic rings. The first-order valence-electron chi connectivity index (χ1n) is 5.87. The molecule has 0 heterocycles. The first-order valence-corrected chi connectivity index (χ1v) is 5.87. The maximum absolute atomic E-state index is 11.2. The van der Waals surface area contributed by atoms with Crippen LogP contribution in [-0.2, 0) is 19.0 Å². The Labute approximate surface area is 103 Å². The molecular formula is C11H24N2O4. The molecule has 0 saturated heterocycles. The van der Waals surface area contributed by atoms with Gasteiger partial charge in [-0.2, -0.15) is 0 Å². The van der Waals surface area contributed by atoms with Crippen LogP contribution < -0.4 is 10.6 Å². The Balaban J connectivity index is 3.08. The molecule has 0 aromatic heterocycles. The van der Waals surface area contributed by atoms with E-state index in [-0.39, 0.29) is 5.91 Å². The summed E-state index contributed by atoms with van der Waals surface area (Å²) in [4.78, 5) is 11.2. The molecule has 102 valence electrons. The third-order valence-corrected chi connectivity index (χ3v) is 1.97. The smallest absolute Gasteiger partial charge is 0.222 e. The van der Waals surface area contributed by atoms with Crippen LogP contribution in [0.5, 0.6) is 0 Å². The summed E-state index contributed by atoms with van der Waals surface area (Å²) in [6.07, 6.45) is 0.375. The molecule has 17 heavy (non-hydrogen) atoms. The van der Waals surface area contributed by atoms with Gasteiger partial charge in [0.1, 0.15) is 0 Å². The van der Waals surface area contributed by atoms with E-state index in [4.69, 9.17) is 14.2 Å². The molecule has 0 aromatic carbocycles. The van der Waals surface area contributed by atoms with Crippen molar-refractivity contribution in [3.8, 4) is 0 Å². The highest BCUT2D eigenvalue weighted by atomic mass is 16.5. The molecule has 6 nitrogen and oxygen atoms in total. The number of hydrogen-bond donors (Lipinski definition) is 2. The number of ether oxygens (including phenoxy) is 3. The third-order valence-electron chi connectivity index (χ3n) is 1.97. The fraction of sp³-hybridized carbons (Fsp3) is 0.909. The fourth-order valence-corrected chi connectivity index (χ4v) is 1.04. The Kier molecular flexibility index (Phi) is 12.8. The van der Waals surface area contributed by atoms with E-state index in [0.717, 1.165) is 6.54 Å². The van der Waals surface area contributed by atoms with E-state index < -0.39 is 0 Å². The van der Waals surface area contributed by atoms with Crippen molar-refractivity contribution in [3.05, 3.63) is 0 Å². The topological polar surface area (TPSA) is 68.8 Å². The molecule has 0 fully saturated rings. The molecule has 6 heteroatoms. The van der Waals surface area contributed by atoms with Gasteiger partial charge in [-0.05, 0) is 7.05 Å². The van der Waals surface area contributed by atoms with E-state index in [1.54, 1.807) is 7.11 Å². The standard InChI is InChI=1S/C11H24N2O4/c1-12-4-8-17-10-9-16-6-3-11(14)13-5-7-15-2/h12H,3-10H2,1-2H3,(H,13,14). The van der Waals surface area contributed by atoms with Gasteiger partial charge in [-0.25, -0.2) is 0 Å². The van der Waals surface area contributed by atoms with Crippen LogP contribution >= 0.6 is 0 Å². The average molecular weight is 248 g/mol. The van der Waals surface area contributed by atoms with Crippen molar-refractivity contribution in [1.29, 1.82) is 0 Å². The minimum Gasteiger partial charge on any atom is -0.383 e. The predicted molar refractivity (Wildman–Crippen MR) is 65.1 cm³/mol. The first kappa shape index (κ1) is 16.3. The monoisotopic (exact) mass is 248 g/mol. The van der Waals surface area contributed by atoms with Gasteiger partial charge in [0.2, 0.25) is 5.91 Å². The Morgan fingerprint density at radius 2 is 1.71 bits per heavy atom. The summed E-state index contributed by atoms with van der Waals surface area (Å²) in [5.41, 5.74) is 0. The molecule has 0 spiro atoms. The minimum absolute atomic E-state index is 0.0156. The van der Waals surface area contributed by atoms with E-state index >= 15 is 0 Å². The van der Waals surface area contributed by atoms with Crippen molar-refractivity contribution >= 4 is 5.91 Å². The molecular weight excluding hydrogens is 224 g/mol. The number of hydrogen-bond acceptors (Lipinski definition) is 5. The van der Waals surface area contributed by atoms with E-state index in [2.05, 4.69) is 10.6 Å². The van der Waals surface area contributed by atoms with Crippen molar-refractivity contribution < 1.29 is 19.0 Å². The van der Waals surface area contributed by atoms with E-state index in [9.17, 15) is 4.79 Å². The Hall–Kier alpha value is -0.690. The van der Waals surface area contributed by atoms with Gasteiger partial charge < -0.3 is 24.8 Å². The second kappa shape index (κ2) is 13.4. The Morgan fingerprint density at radius 1 is 1.00 bits per heavy atom. The lowest BCUT2D eigenvalue weighted by atomic mass is 10.4. The SMILES string of the molecule is CNCCOCCOCCC(=O)NCCOC. The van der Waals surface area contributed by atoms with Crippen molar-refractivity contribution in [2.45, 2.75) is 6.42 Å². The molecule has 0 aromatic rings. The highest BCUT2D eigenvalue weighted by Gasteiger charge is 1.99. The summed E-state index contributed by atoms with van der Waals surface area (Å²) in [7, 11) is 3.48. The van der Waals surface area contributed by atoms with Gasteiger partial charge in [-0.15, -0.1) is 0 Å². The zero-order valence-corrected chi connectivity index (χ0v) is 10.8.